The van der Waals surface area contributed by atoms with Crippen molar-refractivity contribution in [2.75, 3.05) is 151 Å². The summed E-state index contributed by atoms with van der Waals surface area (Å²) in [6, 6.07) is 0. The van der Waals surface area contributed by atoms with Crippen LogP contribution in [0.15, 0.2) is 36.5 Å². The van der Waals surface area contributed by atoms with Crippen LogP contribution in [0.1, 0.15) is 59.8 Å². The van der Waals surface area contributed by atoms with E-state index in [1.165, 1.54) is 21.0 Å². The summed E-state index contributed by atoms with van der Waals surface area (Å²) < 4.78 is 25.5. The van der Waals surface area contributed by atoms with Crippen LogP contribution in [-0.4, -0.2) is 254 Å². The average molecular weight is 1090 g/mol. The molecule has 0 aromatic heterocycles. The van der Waals surface area contributed by atoms with Crippen LogP contribution >= 0.6 is 0 Å². The summed E-state index contributed by atoms with van der Waals surface area (Å²) in [6.07, 6.45) is -3.74. The molecule has 0 fully saturated rings. The Hall–Kier alpha value is -4.97. The molecule has 4 amide bonds. The van der Waals surface area contributed by atoms with Gasteiger partial charge in [0.15, 0.2) is 6.29 Å². The lowest BCUT2D eigenvalue weighted by Crippen LogP contribution is -2.43. The van der Waals surface area contributed by atoms with Crippen LogP contribution in [0.4, 0.5) is 0 Å². The van der Waals surface area contributed by atoms with Gasteiger partial charge >= 0.3 is 17.9 Å². The third-order valence-electron chi connectivity index (χ3n) is 10.7. The van der Waals surface area contributed by atoms with E-state index in [9.17, 15) is 54.0 Å². The van der Waals surface area contributed by atoms with E-state index in [0.717, 1.165) is 0 Å². The number of carbonyl (C=O) groups is 7. The molecule has 0 heterocycles. The van der Waals surface area contributed by atoms with Gasteiger partial charge in [-0.05, 0) is 26.3 Å². The fourth-order valence-electron chi connectivity index (χ4n) is 6.31. The average Bonchev–Trinajstić information content (AvgIpc) is 3.38. The number of hydrogen-bond donors (Lipinski definition) is 12. The van der Waals surface area contributed by atoms with Gasteiger partial charge in [-0.25, -0.2) is 9.59 Å². The number of nitrogens with one attached hydrogen (secondary N) is 8. The number of carbonyl (C=O) groups excluding carboxylic acids is 7. The Balaban J connectivity index is 5.60. The highest BCUT2D eigenvalue weighted by atomic mass is 16.7. The quantitative estimate of drug-likeness (QED) is 0.00694. The van der Waals surface area contributed by atoms with Crippen LogP contribution in [0.5, 0.6) is 0 Å². The molecular weight excluding hydrogens is 997 g/mol. The van der Waals surface area contributed by atoms with E-state index in [1.54, 1.807) is 13.8 Å². The Morgan fingerprint density at radius 3 is 1.04 bits per heavy atom. The molecule has 0 spiro atoms. The molecule has 5 unspecified atom stereocenters. The largest absolute Gasteiger partial charge is 0.463 e. The van der Waals surface area contributed by atoms with Crippen molar-refractivity contribution in [1.29, 1.82) is 0 Å². The number of amides is 4. The van der Waals surface area contributed by atoms with Gasteiger partial charge < -0.3 is 96.4 Å². The minimum absolute atomic E-state index is 0.0189. The van der Waals surface area contributed by atoms with Gasteiger partial charge in [0.05, 0.1) is 12.7 Å². The van der Waals surface area contributed by atoms with Crippen LogP contribution in [-0.2, 0) is 57.2 Å². The van der Waals surface area contributed by atoms with Crippen LogP contribution in [0.2, 0.25) is 0 Å². The molecule has 0 saturated heterocycles. The van der Waals surface area contributed by atoms with E-state index >= 15 is 0 Å². The summed E-state index contributed by atoms with van der Waals surface area (Å²) in [4.78, 5) is 90.3. The minimum Gasteiger partial charge on any atom is -0.463 e. The summed E-state index contributed by atoms with van der Waals surface area (Å²) in [5, 5.41) is 63.8. The summed E-state index contributed by atoms with van der Waals surface area (Å²) in [7, 11) is 1.48. The Morgan fingerprint density at radius 2 is 0.763 bits per heavy atom. The fourth-order valence-corrected chi connectivity index (χ4v) is 6.31. The topological polar surface area (TPSA) is 349 Å². The van der Waals surface area contributed by atoms with Crippen molar-refractivity contribution in [2.24, 2.45) is 0 Å². The van der Waals surface area contributed by atoms with Crippen molar-refractivity contribution in [3.8, 4) is 0 Å². The van der Waals surface area contributed by atoms with Gasteiger partial charge in [-0.1, -0.05) is 26.7 Å². The maximum Gasteiger partial charge on any atom is 0.333 e. The zero-order valence-corrected chi connectivity index (χ0v) is 45.7. The predicted octanol–water partition coefficient (Wildman–Crippen LogP) is -3.83. The lowest BCUT2D eigenvalue weighted by Gasteiger charge is -2.27. The second-order valence-corrected chi connectivity index (χ2v) is 18.1. The van der Waals surface area contributed by atoms with Gasteiger partial charge in [-0.3, -0.25) is 24.0 Å². The Morgan fingerprint density at radius 1 is 0.461 bits per heavy atom. The summed E-state index contributed by atoms with van der Waals surface area (Å²) in [5.74, 6) is -2.64. The first-order valence-corrected chi connectivity index (χ1v) is 25.8. The van der Waals surface area contributed by atoms with Gasteiger partial charge in [0.2, 0.25) is 23.6 Å². The van der Waals surface area contributed by atoms with Crippen molar-refractivity contribution in [1.82, 2.24) is 52.3 Å². The van der Waals surface area contributed by atoms with Crippen molar-refractivity contribution < 1.29 is 77.7 Å². The van der Waals surface area contributed by atoms with E-state index in [-0.39, 0.29) is 172 Å². The van der Waals surface area contributed by atoms with E-state index < -0.39 is 48.6 Å². The molecule has 0 aliphatic carbocycles. The van der Waals surface area contributed by atoms with E-state index in [1.807, 2.05) is 9.80 Å². The zero-order chi connectivity index (χ0) is 57.1. The molecular formula is C50H92N10O16. The SMILES string of the molecule is C=C(C)C(=O)OCC(O)CNCCNC(=O)CCN(CCC(=O)NCCNCC(O)COC(=O)C(=C)C)CCN(CCC(=O)NCCNCC(O)COC(=O)CC)CCC(=O)NCCNCC(O)COC(OC)C(=C)C. The van der Waals surface area contributed by atoms with Crippen LogP contribution in [0, 0.1) is 0 Å². The molecule has 0 rings (SSSR count). The zero-order valence-electron chi connectivity index (χ0n) is 45.7. The molecule has 0 aromatic carbocycles. The van der Waals surface area contributed by atoms with Gasteiger partial charge in [0.25, 0.3) is 0 Å². The lowest BCUT2D eigenvalue weighted by molar-refractivity contribution is -0.146. The van der Waals surface area contributed by atoms with Crippen molar-refractivity contribution >= 4 is 41.5 Å². The maximum absolute atomic E-state index is 13.0. The number of aliphatic hydroxyl groups is 4. The highest BCUT2D eigenvalue weighted by Crippen LogP contribution is 2.05. The molecule has 0 radical (unpaired) electrons. The molecule has 26 nitrogen and oxygen atoms in total. The van der Waals surface area contributed by atoms with Crippen LogP contribution in [0.3, 0.4) is 0 Å². The van der Waals surface area contributed by atoms with Crippen molar-refractivity contribution in [3.63, 3.8) is 0 Å². The molecule has 0 aliphatic rings. The second kappa shape index (κ2) is 45.1. The molecule has 0 aromatic rings. The number of ether oxygens (including phenoxy) is 5. The number of rotatable bonds is 49. The molecule has 0 aliphatic heterocycles. The standard InChI is InChI=1S/C50H92N10O16/c1-9-47(69)73-32-39(61)28-51-14-18-55-43(65)10-22-59(25-13-46(68)58-21-17-54-31-42(64)35-76-50(72-8)38(6)7)26-27-60(23-11-44(66)56-19-15-52-29-40(62)33-74-48(70)36(2)3)24-12-45(67)57-20-16-53-30-41(63)34-75-49(71)37(4)5/h39-42,50-54,61-64H,2,4,6,9-35H2,1,3,5,7-8H3,(H,55,65)(H,56,66)(H,57,67)(H,58,68). The summed E-state index contributed by atoms with van der Waals surface area (Å²) in [5.41, 5.74) is 1.09. The molecule has 0 bridgehead atoms. The predicted molar refractivity (Wildman–Crippen MR) is 283 cm³/mol. The maximum atomic E-state index is 13.0. The number of hydrogen-bond acceptors (Lipinski definition) is 22. The third kappa shape index (κ3) is 41.2. The minimum atomic E-state index is -0.959. The molecule has 0 saturated carbocycles. The molecule has 438 valence electrons. The van der Waals surface area contributed by atoms with Crippen LogP contribution in [0.25, 0.3) is 0 Å². The Labute approximate surface area is 448 Å². The first-order chi connectivity index (χ1) is 36.2. The smallest absolute Gasteiger partial charge is 0.333 e. The monoisotopic (exact) mass is 1090 g/mol. The lowest BCUT2D eigenvalue weighted by atomic mass is 10.2. The first kappa shape index (κ1) is 71.0. The molecule has 12 N–H and O–H groups in total. The molecule has 5 atom stereocenters. The fraction of sp³-hybridized carbons (Fsp3) is 0.740. The molecule has 76 heavy (non-hydrogen) atoms. The van der Waals surface area contributed by atoms with Gasteiger partial charge in [0.1, 0.15) is 38.1 Å². The number of aliphatic hydroxyl groups excluding tert-OH is 4. The van der Waals surface area contributed by atoms with Crippen molar-refractivity contribution in [3.05, 3.63) is 36.5 Å². The summed E-state index contributed by atoms with van der Waals surface area (Å²) >= 11 is 0. The van der Waals surface area contributed by atoms with Gasteiger partial charge in [0, 0.05) is 168 Å². The second-order valence-electron chi connectivity index (χ2n) is 18.1. The highest BCUT2D eigenvalue weighted by Gasteiger charge is 2.18. The number of methoxy groups -OCH3 is 1. The third-order valence-corrected chi connectivity index (χ3v) is 10.7. The van der Waals surface area contributed by atoms with E-state index in [4.69, 9.17) is 23.7 Å². The highest BCUT2D eigenvalue weighted by molar-refractivity contribution is 5.87. The van der Waals surface area contributed by atoms with E-state index in [0.29, 0.717) is 44.8 Å². The molecule has 26 heteroatoms. The van der Waals surface area contributed by atoms with E-state index in [2.05, 4.69) is 62.3 Å². The van der Waals surface area contributed by atoms with Gasteiger partial charge in [-0.15, -0.1) is 0 Å². The van der Waals surface area contributed by atoms with Crippen LogP contribution < -0.4 is 42.5 Å². The summed E-state index contributed by atoms with van der Waals surface area (Å²) in [6.45, 7) is 21.5. The number of esters is 3. The first-order valence-electron chi connectivity index (χ1n) is 25.8. The van der Waals surface area contributed by atoms with Crippen molar-refractivity contribution in [2.45, 2.75) is 90.5 Å². The Kier molecular flexibility index (Phi) is 42.1. The number of nitrogens with zero attached hydrogens (tertiary/aromatic N) is 2. The Bertz CT molecular complexity index is 1670. The normalized spacial score (nSPS) is 13.2. The van der Waals surface area contributed by atoms with Gasteiger partial charge in [-0.2, -0.15) is 0 Å².